The van der Waals surface area contributed by atoms with Crippen molar-refractivity contribution in [1.82, 2.24) is 0 Å². The van der Waals surface area contributed by atoms with Crippen molar-refractivity contribution in [3.05, 3.63) is 23.8 Å². The Kier molecular flexibility index (Phi) is 3.64. The van der Waals surface area contributed by atoms with Gasteiger partial charge in [0.25, 0.3) is 0 Å². The van der Waals surface area contributed by atoms with E-state index in [9.17, 15) is 14.4 Å². The second-order valence-electron chi connectivity index (χ2n) is 4.71. The Balaban J connectivity index is 2.27. The first-order valence-electron chi connectivity index (χ1n) is 6.22. The van der Waals surface area contributed by atoms with Crippen LogP contribution in [0.25, 0.3) is 0 Å². The minimum absolute atomic E-state index is 0.0599. The summed E-state index contributed by atoms with van der Waals surface area (Å²) in [6.07, 6.45) is 1.11. The monoisotopic (exact) mass is 260 g/mol. The second kappa shape index (κ2) is 5.22. The molecule has 1 aromatic rings. The third-order valence-corrected chi connectivity index (χ3v) is 3.14. The molecule has 2 N–H and O–H groups in total. The average Bonchev–Trinajstić information content (AvgIpc) is 2.36. The number of amides is 2. The number of ketones is 1. The van der Waals surface area contributed by atoms with E-state index in [4.69, 9.17) is 5.73 Å². The molecule has 5 nitrogen and oxygen atoms in total. The molecule has 0 bridgehead atoms. The van der Waals surface area contributed by atoms with E-state index in [0.29, 0.717) is 24.2 Å². The SMILES string of the molecule is CC(=O)CCC(=O)N1C(=O)CCc2cc(N)ccc21. The van der Waals surface area contributed by atoms with Crippen LogP contribution in [0.3, 0.4) is 0 Å². The number of benzene rings is 1. The molecule has 0 spiro atoms. The van der Waals surface area contributed by atoms with Gasteiger partial charge in [0.1, 0.15) is 5.78 Å². The molecule has 19 heavy (non-hydrogen) atoms. The van der Waals surface area contributed by atoms with Crippen LogP contribution in [0.5, 0.6) is 0 Å². The van der Waals surface area contributed by atoms with Gasteiger partial charge in [-0.1, -0.05) is 0 Å². The summed E-state index contributed by atoms with van der Waals surface area (Å²) in [5.41, 5.74) is 7.81. The number of aryl methyl sites for hydroxylation is 1. The number of fused-ring (bicyclic) bond motifs is 1. The quantitative estimate of drug-likeness (QED) is 0.834. The predicted octanol–water partition coefficient (Wildman–Crippen LogP) is 1.44. The number of carbonyl (C=O) groups excluding carboxylic acids is 3. The number of hydrogen-bond acceptors (Lipinski definition) is 4. The summed E-state index contributed by atoms with van der Waals surface area (Å²) >= 11 is 0. The Bertz CT molecular complexity index is 552. The predicted molar refractivity (Wildman–Crippen MR) is 71.6 cm³/mol. The van der Waals surface area contributed by atoms with E-state index in [2.05, 4.69) is 0 Å². The highest BCUT2D eigenvalue weighted by Crippen LogP contribution is 2.30. The van der Waals surface area contributed by atoms with E-state index in [1.807, 2.05) is 0 Å². The number of imide groups is 1. The molecule has 0 atom stereocenters. The highest BCUT2D eigenvalue weighted by atomic mass is 16.2. The van der Waals surface area contributed by atoms with E-state index < -0.39 is 0 Å². The summed E-state index contributed by atoms with van der Waals surface area (Å²) in [7, 11) is 0. The van der Waals surface area contributed by atoms with Gasteiger partial charge in [-0.25, -0.2) is 0 Å². The number of rotatable bonds is 3. The fraction of sp³-hybridized carbons (Fsp3) is 0.357. The van der Waals surface area contributed by atoms with Gasteiger partial charge in [-0.05, 0) is 37.1 Å². The molecular weight excluding hydrogens is 244 g/mol. The topological polar surface area (TPSA) is 80.5 Å². The van der Waals surface area contributed by atoms with Crippen molar-refractivity contribution in [2.24, 2.45) is 0 Å². The average molecular weight is 260 g/mol. The summed E-state index contributed by atoms with van der Waals surface area (Å²) in [4.78, 5) is 36.1. The van der Waals surface area contributed by atoms with Gasteiger partial charge >= 0.3 is 0 Å². The Hall–Kier alpha value is -2.17. The fourth-order valence-electron chi connectivity index (χ4n) is 2.18. The third-order valence-electron chi connectivity index (χ3n) is 3.14. The lowest BCUT2D eigenvalue weighted by molar-refractivity contribution is -0.128. The zero-order valence-electron chi connectivity index (χ0n) is 10.8. The number of nitrogens with two attached hydrogens (primary N) is 1. The van der Waals surface area contributed by atoms with E-state index >= 15 is 0 Å². The minimum atomic E-state index is -0.328. The number of nitrogen functional groups attached to an aromatic ring is 1. The van der Waals surface area contributed by atoms with Gasteiger partial charge in [0.05, 0.1) is 5.69 Å². The summed E-state index contributed by atoms with van der Waals surface area (Å²) in [6, 6.07) is 5.14. The summed E-state index contributed by atoms with van der Waals surface area (Å²) in [5, 5.41) is 0. The lowest BCUT2D eigenvalue weighted by Crippen LogP contribution is -2.40. The molecule has 0 aromatic heterocycles. The van der Waals surface area contributed by atoms with Crippen molar-refractivity contribution in [1.29, 1.82) is 0 Å². The molecule has 5 heteroatoms. The van der Waals surface area contributed by atoms with Gasteiger partial charge in [-0.2, -0.15) is 0 Å². The molecule has 0 saturated carbocycles. The largest absolute Gasteiger partial charge is 0.399 e. The molecule has 0 radical (unpaired) electrons. The van der Waals surface area contributed by atoms with Crippen LogP contribution in [0.15, 0.2) is 18.2 Å². The smallest absolute Gasteiger partial charge is 0.234 e. The van der Waals surface area contributed by atoms with Crippen LogP contribution < -0.4 is 10.6 Å². The molecule has 0 fully saturated rings. The van der Waals surface area contributed by atoms with Crippen molar-refractivity contribution in [3.63, 3.8) is 0 Å². The van der Waals surface area contributed by atoms with Crippen LogP contribution in [0, 0.1) is 0 Å². The molecule has 2 rings (SSSR count). The normalized spacial score (nSPS) is 14.2. The first-order valence-corrected chi connectivity index (χ1v) is 6.22. The molecule has 1 aliphatic rings. The van der Waals surface area contributed by atoms with Crippen molar-refractivity contribution >= 4 is 29.0 Å². The van der Waals surface area contributed by atoms with Gasteiger partial charge in [-0.15, -0.1) is 0 Å². The number of carbonyl (C=O) groups is 3. The van der Waals surface area contributed by atoms with Crippen LogP contribution in [0.4, 0.5) is 11.4 Å². The van der Waals surface area contributed by atoms with Crippen LogP contribution in [0.2, 0.25) is 0 Å². The highest BCUT2D eigenvalue weighted by Gasteiger charge is 2.29. The van der Waals surface area contributed by atoms with Crippen LogP contribution >= 0.6 is 0 Å². The third kappa shape index (κ3) is 2.81. The zero-order valence-corrected chi connectivity index (χ0v) is 10.8. The van der Waals surface area contributed by atoms with Crippen molar-refractivity contribution < 1.29 is 14.4 Å². The number of anilines is 2. The molecule has 1 aromatic carbocycles. The molecule has 2 amide bonds. The maximum atomic E-state index is 12.1. The lowest BCUT2D eigenvalue weighted by atomic mass is 10.00. The van der Waals surface area contributed by atoms with E-state index in [-0.39, 0.29) is 30.4 Å². The number of Topliss-reactive ketones (excluding diaryl/α,β-unsaturated/α-hetero) is 1. The van der Waals surface area contributed by atoms with Crippen molar-refractivity contribution in [2.45, 2.75) is 32.6 Å². The maximum Gasteiger partial charge on any atom is 0.234 e. The number of hydrogen-bond donors (Lipinski definition) is 1. The molecule has 0 aliphatic carbocycles. The minimum Gasteiger partial charge on any atom is -0.399 e. The molecule has 0 saturated heterocycles. The zero-order chi connectivity index (χ0) is 14.0. The van der Waals surface area contributed by atoms with Crippen molar-refractivity contribution in [2.75, 3.05) is 10.6 Å². The molecule has 1 aliphatic heterocycles. The first-order chi connectivity index (χ1) is 8.99. The lowest BCUT2D eigenvalue weighted by Gasteiger charge is -2.28. The first kappa shape index (κ1) is 13.3. The van der Waals surface area contributed by atoms with Gasteiger partial charge < -0.3 is 10.5 Å². The molecular formula is C14H16N2O3. The summed E-state index contributed by atoms with van der Waals surface area (Å²) in [6.45, 7) is 1.43. The van der Waals surface area contributed by atoms with E-state index in [1.165, 1.54) is 11.8 Å². The Labute approximate surface area is 111 Å². The maximum absolute atomic E-state index is 12.1. The van der Waals surface area contributed by atoms with Crippen molar-refractivity contribution in [3.8, 4) is 0 Å². The van der Waals surface area contributed by atoms with Gasteiger partial charge in [0.2, 0.25) is 11.8 Å². The van der Waals surface area contributed by atoms with Gasteiger partial charge in [-0.3, -0.25) is 14.5 Å². The van der Waals surface area contributed by atoms with E-state index in [0.717, 1.165) is 5.56 Å². The Morgan fingerprint density at radius 3 is 2.68 bits per heavy atom. The van der Waals surface area contributed by atoms with Gasteiger partial charge in [0.15, 0.2) is 0 Å². The van der Waals surface area contributed by atoms with Crippen LogP contribution in [-0.4, -0.2) is 17.6 Å². The molecule has 100 valence electrons. The summed E-state index contributed by atoms with van der Waals surface area (Å²) in [5.74, 6) is -0.605. The second-order valence-corrected chi connectivity index (χ2v) is 4.71. The summed E-state index contributed by atoms with van der Waals surface area (Å²) < 4.78 is 0. The standard InChI is InChI=1S/C14H16N2O3/c1-9(17)2-6-13(18)16-12-5-4-11(15)8-10(12)3-7-14(16)19/h4-5,8H,2-3,6-7,15H2,1H3. The Morgan fingerprint density at radius 1 is 1.26 bits per heavy atom. The van der Waals surface area contributed by atoms with Crippen LogP contribution in [-0.2, 0) is 20.8 Å². The highest BCUT2D eigenvalue weighted by molar-refractivity contribution is 6.16. The molecule has 0 unspecified atom stereocenters. The van der Waals surface area contributed by atoms with Gasteiger partial charge in [0, 0.05) is 24.9 Å². The molecule has 1 heterocycles. The van der Waals surface area contributed by atoms with E-state index in [1.54, 1.807) is 18.2 Å². The van der Waals surface area contributed by atoms with Crippen LogP contribution in [0.1, 0.15) is 31.7 Å². The Morgan fingerprint density at radius 2 is 2.00 bits per heavy atom. The fourth-order valence-corrected chi connectivity index (χ4v) is 2.18. The number of nitrogens with zero attached hydrogens (tertiary/aromatic N) is 1.